The Kier molecular flexibility index (Phi) is 4.96. The van der Waals surface area contributed by atoms with Gasteiger partial charge in [0.15, 0.2) is 0 Å². The summed E-state index contributed by atoms with van der Waals surface area (Å²) in [6, 6.07) is 0.314. The van der Waals surface area contributed by atoms with E-state index < -0.39 is 0 Å². The van der Waals surface area contributed by atoms with Crippen molar-refractivity contribution in [1.29, 1.82) is 0 Å². The van der Waals surface area contributed by atoms with Crippen LogP contribution in [0.5, 0.6) is 0 Å². The van der Waals surface area contributed by atoms with Crippen LogP contribution in [0.25, 0.3) is 0 Å². The van der Waals surface area contributed by atoms with Crippen LogP contribution in [0.15, 0.2) is 15.5 Å². The summed E-state index contributed by atoms with van der Waals surface area (Å²) in [6.45, 7) is 8.82. The van der Waals surface area contributed by atoms with Crippen LogP contribution in [0.2, 0.25) is 0 Å². The van der Waals surface area contributed by atoms with Crippen LogP contribution in [0.3, 0.4) is 0 Å². The summed E-state index contributed by atoms with van der Waals surface area (Å²) < 4.78 is 1.86. The van der Waals surface area contributed by atoms with Crippen molar-refractivity contribution in [2.75, 3.05) is 5.32 Å². The lowest BCUT2D eigenvalue weighted by Crippen LogP contribution is -2.24. The second-order valence-electron chi connectivity index (χ2n) is 5.95. The van der Waals surface area contributed by atoms with E-state index in [1.165, 1.54) is 4.68 Å². The molecule has 1 aromatic heterocycles. The van der Waals surface area contributed by atoms with E-state index in [0.29, 0.717) is 15.9 Å². The maximum Gasteiger partial charge on any atom is 0.282 e. The minimum Gasteiger partial charge on any atom is -0.380 e. The zero-order valence-electron chi connectivity index (χ0n) is 11.7. The van der Waals surface area contributed by atoms with Crippen LogP contribution in [-0.4, -0.2) is 15.8 Å². The molecule has 1 rings (SSSR count). The molecule has 4 nitrogen and oxygen atoms in total. The molecule has 0 aliphatic carbocycles. The van der Waals surface area contributed by atoms with Gasteiger partial charge in [-0.05, 0) is 41.1 Å². The first-order valence-corrected chi connectivity index (χ1v) is 6.98. The fourth-order valence-electron chi connectivity index (χ4n) is 1.60. The zero-order valence-corrected chi connectivity index (χ0v) is 13.3. The van der Waals surface area contributed by atoms with Gasteiger partial charge in [0, 0.05) is 13.1 Å². The molecule has 1 aromatic rings. The largest absolute Gasteiger partial charge is 0.380 e. The lowest BCUT2D eigenvalue weighted by atomic mass is 9.89. The molecule has 0 spiro atoms. The van der Waals surface area contributed by atoms with Crippen molar-refractivity contribution in [3.05, 3.63) is 21.0 Å². The first-order chi connectivity index (χ1) is 8.20. The fraction of sp³-hybridized carbons (Fsp3) is 0.692. The predicted molar refractivity (Wildman–Crippen MR) is 79.0 cm³/mol. The molecule has 0 radical (unpaired) electrons. The fourth-order valence-corrected chi connectivity index (χ4v) is 2.07. The third-order valence-corrected chi connectivity index (χ3v) is 3.57. The van der Waals surface area contributed by atoms with E-state index in [4.69, 9.17) is 0 Å². The Morgan fingerprint density at radius 1 is 1.50 bits per heavy atom. The number of aromatic nitrogens is 2. The van der Waals surface area contributed by atoms with Gasteiger partial charge in [-0.2, -0.15) is 5.10 Å². The standard InChI is InChI=1S/C13H22BrN3O/c1-9(6-7-13(2,3)4)16-10-8-15-17(5)12(18)11(10)14/h8-9,16H,6-7H2,1-5H3. The molecule has 0 aliphatic heterocycles. The SMILES string of the molecule is CC(CCC(C)(C)C)Nc1cnn(C)c(=O)c1Br. The molecule has 0 aliphatic rings. The van der Waals surface area contributed by atoms with Gasteiger partial charge < -0.3 is 5.32 Å². The molecule has 1 atom stereocenters. The number of halogens is 1. The number of hydrogen-bond acceptors (Lipinski definition) is 3. The first-order valence-electron chi connectivity index (χ1n) is 6.19. The van der Waals surface area contributed by atoms with Crippen molar-refractivity contribution in [1.82, 2.24) is 9.78 Å². The summed E-state index contributed by atoms with van der Waals surface area (Å²) in [4.78, 5) is 11.7. The molecule has 5 heteroatoms. The summed E-state index contributed by atoms with van der Waals surface area (Å²) in [5, 5.41) is 7.34. The maximum absolute atomic E-state index is 11.7. The molecule has 0 aromatic carbocycles. The smallest absolute Gasteiger partial charge is 0.282 e. The summed E-state index contributed by atoms with van der Waals surface area (Å²) >= 11 is 3.31. The van der Waals surface area contributed by atoms with Gasteiger partial charge in [0.2, 0.25) is 0 Å². The number of nitrogens with zero attached hydrogens (tertiary/aromatic N) is 2. The lowest BCUT2D eigenvalue weighted by molar-refractivity contribution is 0.357. The Labute approximate surface area is 117 Å². The van der Waals surface area contributed by atoms with Crippen LogP contribution < -0.4 is 10.9 Å². The average Bonchev–Trinajstić information content (AvgIpc) is 2.26. The van der Waals surface area contributed by atoms with Crippen LogP contribution in [-0.2, 0) is 7.05 Å². The molecule has 0 saturated heterocycles. The number of anilines is 1. The minimum absolute atomic E-state index is 0.122. The topological polar surface area (TPSA) is 46.9 Å². The summed E-state index contributed by atoms with van der Waals surface area (Å²) in [5.74, 6) is 0. The first kappa shape index (κ1) is 15.2. The summed E-state index contributed by atoms with van der Waals surface area (Å²) in [7, 11) is 1.64. The molecule has 0 bridgehead atoms. The monoisotopic (exact) mass is 315 g/mol. The molecule has 18 heavy (non-hydrogen) atoms. The van der Waals surface area contributed by atoms with Gasteiger partial charge in [-0.25, -0.2) is 4.68 Å². The molecule has 1 N–H and O–H groups in total. The summed E-state index contributed by atoms with van der Waals surface area (Å²) in [5.41, 5.74) is 0.973. The van der Waals surface area contributed by atoms with Crippen molar-refractivity contribution >= 4 is 21.6 Å². The van der Waals surface area contributed by atoms with Gasteiger partial charge >= 0.3 is 0 Å². The Balaban J connectivity index is 2.68. The quantitative estimate of drug-likeness (QED) is 0.928. The van der Waals surface area contributed by atoms with E-state index in [-0.39, 0.29) is 5.56 Å². The minimum atomic E-state index is -0.122. The van der Waals surface area contributed by atoms with E-state index in [2.05, 4.69) is 54.0 Å². The number of nitrogens with one attached hydrogen (secondary N) is 1. The molecule has 1 heterocycles. The van der Waals surface area contributed by atoms with Gasteiger partial charge in [0.25, 0.3) is 5.56 Å². The van der Waals surface area contributed by atoms with Gasteiger partial charge in [-0.3, -0.25) is 4.79 Å². The predicted octanol–water partition coefficient (Wildman–Crippen LogP) is 3.17. The van der Waals surface area contributed by atoms with Crippen molar-refractivity contribution in [2.45, 2.75) is 46.6 Å². The highest BCUT2D eigenvalue weighted by Crippen LogP contribution is 2.23. The van der Waals surface area contributed by atoms with Gasteiger partial charge in [-0.1, -0.05) is 20.8 Å². The maximum atomic E-state index is 11.7. The van der Waals surface area contributed by atoms with Crippen molar-refractivity contribution < 1.29 is 0 Å². The Bertz CT molecular complexity index is 462. The van der Waals surface area contributed by atoms with Gasteiger partial charge in [-0.15, -0.1) is 0 Å². The molecule has 102 valence electrons. The average molecular weight is 316 g/mol. The van der Waals surface area contributed by atoms with E-state index >= 15 is 0 Å². The van der Waals surface area contributed by atoms with Crippen LogP contribution >= 0.6 is 15.9 Å². The van der Waals surface area contributed by atoms with E-state index in [0.717, 1.165) is 18.5 Å². The second-order valence-corrected chi connectivity index (χ2v) is 6.74. The van der Waals surface area contributed by atoms with Crippen LogP contribution in [0.4, 0.5) is 5.69 Å². The Morgan fingerprint density at radius 3 is 2.67 bits per heavy atom. The van der Waals surface area contributed by atoms with Gasteiger partial charge in [0.05, 0.1) is 11.9 Å². The highest BCUT2D eigenvalue weighted by Gasteiger charge is 2.14. The third kappa shape index (κ3) is 4.44. The lowest BCUT2D eigenvalue weighted by Gasteiger charge is -2.22. The third-order valence-electron chi connectivity index (χ3n) is 2.81. The molecular weight excluding hydrogens is 294 g/mol. The summed E-state index contributed by atoms with van der Waals surface area (Å²) in [6.07, 6.45) is 3.88. The zero-order chi connectivity index (χ0) is 13.9. The molecule has 1 unspecified atom stereocenters. The molecule has 0 amide bonds. The Hall–Kier alpha value is -0.840. The number of aryl methyl sites for hydroxylation is 1. The molecular formula is C13H22BrN3O. The van der Waals surface area contributed by atoms with E-state index in [9.17, 15) is 4.79 Å². The molecule has 0 fully saturated rings. The second kappa shape index (κ2) is 5.87. The van der Waals surface area contributed by atoms with Crippen molar-refractivity contribution in [2.24, 2.45) is 12.5 Å². The van der Waals surface area contributed by atoms with Gasteiger partial charge in [0.1, 0.15) is 4.47 Å². The highest BCUT2D eigenvalue weighted by atomic mass is 79.9. The van der Waals surface area contributed by atoms with Crippen LogP contribution in [0.1, 0.15) is 40.5 Å². The Morgan fingerprint density at radius 2 is 2.11 bits per heavy atom. The van der Waals surface area contributed by atoms with Crippen LogP contribution in [0, 0.1) is 5.41 Å². The molecule has 0 saturated carbocycles. The normalized spacial score (nSPS) is 13.4. The van der Waals surface area contributed by atoms with Crippen molar-refractivity contribution in [3.8, 4) is 0 Å². The number of rotatable bonds is 4. The van der Waals surface area contributed by atoms with E-state index in [1.54, 1.807) is 13.2 Å². The van der Waals surface area contributed by atoms with Crippen molar-refractivity contribution in [3.63, 3.8) is 0 Å². The highest BCUT2D eigenvalue weighted by molar-refractivity contribution is 9.10. The number of hydrogen-bond donors (Lipinski definition) is 1. The van der Waals surface area contributed by atoms with E-state index in [1.807, 2.05) is 0 Å².